The van der Waals surface area contributed by atoms with Gasteiger partial charge in [-0.2, -0.15) is 0 Å². The van der Waals surface area contributed by atoms with Crippen LogP contribution in [0.15, 0.2) is 35.5 Å². The number of benzene rings is 1. The molecule has 0 bridgehead atoms. The molecule has 0 aliphatic heterocycles. The van der Waals surface area contributed by atoms with Gasteiger partial charge in [0.1, 0.15) is 5.25 Å². The van der Waals surface area contributed by atoms with Gasteiger partial charge in [-0.15, -0.1) is 0 Å². The number of hydrogen-bond donors (Lipinski definition) is 1. The van der Waals surface area contributed by atoms with E-state index < -0.39 is 0 Å². The number of hydrogen-bond acceptors (Lipinski definition) is 3. The number of aromatic nitrogens is 2. The smallest absolute Gasteiger partial charge is 0.238 e. The minimum atomic E-state index is -0.270. The molecule has 1 saturated carbocycles. The number of carbonyl (C=O) groups excluding carboxylic acids is 1. The zero-order valence-electron chi connectivity index (χ0n) is 15.5. The molecule has 0 saturated heterocycles. The maximum atomic E-state index is 12.9. The largest absolute Gasteiger partial charge is 0.352 e. The van der Waals surface area contributed by atoms with E-state index >= 15 is 0 Å². The number of rotatable bonds is 7. The molecule has 4 nitrogen and oxygen atoms in total. The summed E-state index contributed by atoms with van der Waals surface area (Å²) >= 11 is 1.56. The van der Waals surface area contributed by atoms with Crippen molar-refractivity contribution in [3.05, 3.63) is 47.3 Å². The average molecular weight is 358 g/mol. The fourth-order valence-electron chi connectivity index (χ4n) is 2.80. The summed E-state index contributed by atoms with van der Waals surface area (Å²) in [6.07, 6.45) is 2.19. The van der Waals surface area contributed by atoms with Crippen molar-refractivity contribution < 1.29 is 4.79 Å². The van der Waals surface area contributed by atoms with Crippen LogP contribution >= 0.6 is 11.8 Å². The van der Waals surface area contributed by atoms with E-state index in [0.29, 0.717) is 12.0 Å². The fourth-order valence-corrected chi connectivity index (χ4v) is 4.01. The number of nitrogens with one attached hydrogen (secondary N) is 1. The maximum absolute atomic E-state index is 12.9. The molecule has 134 valence electrons. The molecule has 1 fully saturated rings. The van der Waals surface area contributed by atoms with E-state index in [4.69, 9.17) is 4.98 Å². The molecule has 1 unspecified atom stereocenters. The molecule has 3 rings (SSSR count). The Bertz CT molecular complexity index is 735. The first-order chi connectivity index (χ1) is 12.0. The number of thioether (sulfide) groups is 1. The monoisotopic (exact) mass is 357 g/mol. The SMILES string of the molecule is Cc1nc(SC(C(=O)NC2CC2)c2ccccc2)n(CC(C)C)c1C. The van der Waals surface area contributed by atoms with Crippen LogP contribution in [0.3, 0.4) is 0 Å². The molecule has 1 heterocycles. The Morgan fingerprint density at radius 2 is 1.96 bits per heavy atom. The van der Waals surface area contributed by atoms with Crippen molar-refractivity contribution in [2.45, 2.75) is 63.5 Å². The van der Waals surface area contributed by atoms with Gasteiger partial charge < -0.3 is 9.88 Å². The van der Waals surface area contributed by atoms with Crippen molar-refractivity contribution in [2.24, 2.45) is 5.92 Å². The predicted octanol–water partition coefficient (Wildman–Crippen LogP) is 4.27. The van der Waals surface area contributed by atoms with Gasteiger partial charge in [-0.1, -0.05) is 55.9 Å². The van der Waals surface area contributed by atoms with Crippen molar-refractivity contribution in [3.8, 4) is 0 Å². The van der Waals surface area contributed by atoms with Gasteiger partial charge in [0.25, 0.3) is 0 Å². The third-order valence-electron chi connectivity index (χ3n) is 4.46. The Labute approximate surface area is 154 Å². The molecule has 5 heteroatoms. The summed E-state index contributed by atoms with van der Waals surface area (Å²) in [5.74, 6) is 0.621. The number of amides is 1. The molecule has 1 aliphatic rings. The summed E-state index contributed by atoms with van der Waals surface area (Å²) in [7, 11) is 0. The molecule has 1 aliphatic carbocycles. The highest BCUT2D eigenvalue weighted by Gasteiger charge is 2.30. The minimum Gasteiger partial charge on any atom is -0.352 e. The summed E-state index contributed by atoms with van der Waals surface area (Å²) in [6.45, 7) is 9.48. The molecule has 1 atom stereocenters. The Balaban J connectivity index is 1.89. The van der Waals surface area contributed by atoms with E-state index in [1.54, 1.807) is 11.8 Å². The number of aryl methyl sites for hydroxylation is 1. The van der Waals surface area contributed by atoms with Crippen molar-refractivity contribution in [1.29, 1.82) is 0 Å². The first kappa shape index (κ1) is 18.1. The van der Waals surface area contributed by atoms with Crippen molar-refractivity contribution in [3.63, 3.8) is 0 Å². The average Bonchev–Trinajstić information content (AvgIpc) is 3.35. The number of imidazole rings is 1. The standard InChI is InChI=1S/C20H27N3OS/c1-13(2)12-23-15(4)14(3)21-20(23)25-18(16-8-6-5-7-9-16)19(24)22-17-10-11-17/h5-9,13,17-18H,10-12H2,1-4H3,(H,22,24). The maximum Gasteiger partial charge on any atom is 0.238 e. The number of carbonyl (C=O) groups is 1. The lowest BCUT2D eigenvalue weighted by Crippen LogP contribution is -2.30. The summed E-state index contributed by atoms with van der Waals surface area (Å²) in [6, 6.07) is 10.4. The van der Waals surface area contributed by atoms with E-state index in [-0.39, 0.29) is 11.2 Å². The van der Waals surface area contributed by atoms with Crippen LogP contribution in [0.25, 0.3) is 0 Å². The lowest BCUT2D eigenvalue weighted by molar-refractivity contribution is -0.120. The van der Waals surface area contributed by atoms with Crippen molar-refractivity contribution >= 4 is 17.7 Å². The van der Waals surface area contributed by atoms with Gasteiger partial charge in [-0.05, 0) is 38.2 Å². The lowest BCUT2D eigenvalue weighted by atomic mass is 10.1. The molecule has 25 heavy (non-hydrogen) atoms. The molecule has 0 spiro atoms. The van der Waals surface area contributed by atoms with Crippen LogP contribution in [-0.2, 0) is 11.3 Å². The van der Waals surface area contributed by atoms with Gasteiger partial charge in [-0.25, -0.2) is 4.98 Å². The quantitative estimate of drug-likeness (QED) is 0.753. The summed E-state index contributed by atoms with van der Waals surface area (Å²) in [5.41, 5.74) is 3.25. The van der Waals surface area contributed by atoms with Gasteiger partial charge in [0.2, 0.25) is 5.91 Å². The van der Waals surface area contributed by atoms with E-state index in [1.165, 1.54) is 5.69 Å². The molecule has 0 radical (unpaired) electrons. The van der Waals surface area contributed by atoms with Gasteiger partial charge >= 0.3 is 0 Å². The van der Waals surface area contributed by atoms with Crippen LogP contribution in [0.1, 0.15) is 48.9 Å². The van der Waals surface area contributed by atoms with Crippen LogP contribution < -0.4 is 5.32 Å². The Hall–Kier alpha value is -1.75. The van der Waals surface area contributed by atoms with E-state index in [0.717, 1.165) is 35.8 Å². The minimum absolute atomic E-state index is 0.0908. The van der Waals surface area contributed by atoms with Gasteiger partial charge in [0.05, 0.1) is 5.69 Å². The van der Waals surface area contributed by atoms with Crippen LogP contribution in [0.2, 0.25) is 0 Å². The molecular weight excluding hydrogens is 330 g/mol. The van der Waals surface area contributed by atoms with Gasteiger partial charge in [0, 0.05) is 18.3 Å². The topological polar surface area (TPSA) is 46.9 Å². The predicted molar refractivity (Wildman–Crippen MR) is 103 cm³/mol. The molecule has 2 aromatic rings. The second kappa shape index (κ2) is 7.65. The second-order valence-corrected chi connectivity index (χ2v) is 8.33. The van der Waals surface area contributed by atoms with Crippen LogP contribution in [0, 0.1) is 19.8 Å². The zero-order chi connectivity index (χ0) is 18.0. The van der Waals surface area contributed by atoms with Crippen molar-refractivity contribution in [1.82, 2.24) is 14.9 Å². The third-order valence-corrected chi connectivity index (χ3v) is 5.70. The molecule has 1 aromatic heterocycles. The van der Waals surface area contributed by atoms with Gasteiger partial charge in [-0.3, -0.25) is 4.79 Å². The highest BCUT2D eigenvalue weighted by molar-refractivity contribution is 8.00. The van der Waals surface area contributed by atoms with Crippen LogP contribution in [0.5, 0.6) is 0 Å². The Morgan fingerprint density at radius 1 is 1.28 bits per heavy atom. The zero-order valence-corrected chi connectivity index (χ0v) is 16.3. The lowest BCUT2D eigenvalue weighted by Gasteiger charge is -2.18. The molecule has 1 aromatic carbocycles. The summed E-state index contributed by atoms with van der Waals surface area (Å²) in [4.78, 5) is 17.6. The summed E-state index contributed by atoms with van der Waals surface area (Å²) < 4.78 is 2.25. The van der Waals surface area contributed by atoms with Crippen molar-refractivity contribution in [2.75, 3.05) is 0 Å². The van der Waals surface area contributed by atoms with Crippen LogP contribution in [-0.4, -0.2) is 21.5 Å². The van der Waals surface area contributed by atoms with E-state index in [1.807, 2.05) is 37.3 Å². The fraction of sp³-hybridized carbons (Fsp3) is 0.500. The second-order valence-electron chi connectivity index (χ2n) is 7.26. The normalized spacial score (nSPS) is 15.4. The third kappa shape index (κ3) is 4.46. The molecule has 1 N–H and O–H groups in total. The van der Waals surface area contributed by atoms with Gasteiger partial charge in [0.15, 0.2) is 5.16 Å². The number of nitrogens with zero attached hydrogens (tertiary/aromatic N) is 2. The summed E-state index contributed by atoms with van der Waals surface area (Å²) in [5, 5.41) is 3.82. The first-order valence-corrected chi connectivity index (χ1v) is 9.89. The van der Waals surface area contributed by atoms with E-state index in [2.05, 4.69) is 30.7 Å². The Kier molecular flexibility index (Phi) is 5.52. The highest BCUT2D eigenvalue weighted by Crippen LogP contribution is 2.37. The molecular formula is C20H27N3OS. The van der Waals surface area contributed by atoms with Crippen LogP contribution in [0.4, 0.5) is 0 Å². The molecule has 1 amide bonds. The highest BCUT2D eigenvalue weighted by atomic mass is 32.2. The van der Waals surface area contributed by atoms with E-state index in [9.17, 15) is 4.79 Å². The Morgan fingerprint density at radius 3 is 2.56 bits per heavy atom. The first-order valence-electron chi connectivity index (χ1n) is 9.01.